The molecule has 19 heavy (non-hydrogen) atoms. The van der Waals surface area contributed by atoms with E-state index in [0.717, 1.165) is 25.7 Å². The molecular formula is C16H28O3. The Kier molecular flexibility index (Phi) is 7.80. The molecule has 1 aliphatic rings. The van der Waals surface area contributed by atoms with Crippen molar-refractivity contribution in [3.05, 3.63) is 12.2 Å². The third-order valence-corrected chi connectivity index (χ3v) is 4.25. The van der Waals surface area contributed by atoms with Crippen molar-refractivity contribution in [2.75, 3.05) is 13.7 Å². The maximum Gasteiger partial charge on any atom is 0.305 e. The molecule has 1 rings (SSSR count). The molecule has 1 saturated carbocycles. The first-order chi connectivity index (χ1) is 9.22. The van der Waals surface area contributed by atoms with E-state index >= 15 is 0 Å². The van der Waals surface area contributed by atoms with Crippen LogP contribution < -0.4 is 0 Å². The van der Waals surface area contributed by atoms with Crippen LogP contribution in [0.5, 0.6) is 0 Å². The molecule has 1 aliphatic carbocycles. The molecule has 0 unspecified atom stereocenters. The van der Waals surface area contributed by atoms with E-state index in [-0.39, 0.29) is 5.97 Å². The third-order valence-electron chi connectivity index (χ3n) is 4.25. The summed E-state index contributed by atoms with van der Waals surface area (Å²) in [5.74, 6) is -0.127. The summed E-state index contributed by atoms with van der Waals surface area (Å²) in [6.45, 7) is 0.302. The van der Waals surface area contributed by atoms with Gasteiger partial charge in [-0.1, -0.05) is 31.4 Å². The van der Waals surface area contributed by atoms with E-state index in [9.17, 15) is 9.90 Å². The van der Waals surface area contributed by atoms with Crippen LogP contribution >= 0.6 is 0 Å². The molecule has 110 valence electrons. The van der Waals surface area contributed by atoms with Gasteiger partial charge in [-0.3, -0.25) is 4.79 Å². The lowest BCUT2D eigenvalue weighted by Gasteiger charge is -2.36. The van der Waals surface area contributed by atoms with E-state index in [2.05, 4.69) is 16.9 Å². The molecule has 0 spiro atoms. The van der Waals surface area contributed by atoms with Crippen LogP contribution in [0.2, 0.25) is 0 Å². The molecule has 3 nitrogen and oxygen atoms in total. The molecule has 0 saturated heterocycles. The quantitative estimate of drug-likeness (QED) is 0.415. The van der Waals surface area contributed by atoms with Crippen molar-refractivity contribution in [2.24, 2.45) is 5.41 Å². The summed E-state index contributed by atoms with van der Waals surface area (Å²) >= 11 is 0. The number of aliphatic hydroxyl groups excluding tert-OH is 1. The van der Waals surface area contributed by atoms with Gasteiger partial charge in [-0.15, -0.1) is 0 Å². The Bertz CT molecular complexity index is 272. The predicted octanol–water partition coefficient (Wildman–Crippen LogP) is 3.61. The number of unbranched alkanes of at least 4 members (excludes halogenated alkanes) is 1. The van der Waals surface area contributed by atoms with Crippen LogP contribution in [0.4, 0.5) is 0 Å². The molecule has 0 aromatic rings. The molecule has 1 N–H and O–H groups in total. The van der Waals surface area contributed by atoms with E-state index in [1.807, 2.05) is 0 Å². The van der Waals surface area contributed by atoms with E-state index < -0.39 is 0 Å². The molecule has 0 aromatic heterocycles. The smallest absolute Gasteiger partial charge is 0.305 e. The zero-order chi connectivity index (χ0) is 14.0. The summed E-state index contributed by atoms with van der Waals surface area (Å²) in [7, 11) is 1.43. The van der Waals surface area contributed by atoms with Crippen LogP contribution in [-0.2, 0) is 9.53 Å². The lowest BCUT2D eigenvalue weighted by atomic mass is 9.70. The first-order valence-electron chi connectivity index (χ1n) is 7.55. The van der Waals surface area contributed by atoms with Gasteiger partial charge in [-0.25, -0.2) is 0 Å². The van der Waals surface area contributed by atoms with Crippen molar-refractivity contribution in [3.8, 4) is 0 Å². The first-order valence-corrected chi connectivity index (χ1v) is 7.55. The Morgan fingerprint density at radius 1 is 1.26 bits per heavy atom. The van der Waals surface area contributed by atoms with Gasteiger partial charge in [-0.05, 0) is 43.9 Å². The van der Waals surface area contributed by atoms with Crippen molar-refractivity contribution >= 4 is 5.97 Å². The number of esters is 1. The number of allylic oxidation sites excluding steroid dienone is 2. The number of ether oxygens (including phenoxy) is 1. The number of rotatable bonds is 8. The topological polar surface area (TPSA) is 46.5 Å². The monoisotopic (exact) mass is 268 g/mol. The van der Waals surface area contributed by atoms with Gasteiger partial charge in [-0.2, -0.15) is 0 Å². The minimum absolute atomic E-state index is 0.127. The second-order valence-electron chi connectivity index (χ2n) is 5.68. The lowest BCUT2D eigenvalue weighted by molar-refractivity contribution is -0.140. The van der Waals surface area contributed by atoms with Crippen LogP contribution in [0.15, 0.2) is 12.2 Å². The van der Waals surface area contributed by atoms with Crippen LogP contribution in [0.3, 0.4) is 0 Å². The highest BCUT2D eigenvalue weighted by molar-refractivity contribution is 5.68. The normalized spacial score (nSPS) is 18.6. The molecule has 0 aromatic carbocycles. The average Bonchev–Trinajstić information content (AvgIpc) is 2.43. The van der Waals surface area contributed by atoms with Gasteiger partial charge in [0, 0.05) is 13.0 Å². The molecule has 1 fully saturated rings. The number of methoxy groups -OCH3 is 1. The van der Waals surface area contributed by atoms with Crippen LogP contribution in [0, 0.1) is 5.41 Å². The predicted molar refractivity (Wildman–Crippen MR) is 76.8 cm³/mol. The van der Waals surface area contributed by atoms with E-state index in [4.69, 9.17) is 0 Å². The highest BCUT2D eigenvalue weighted by Gasteiger charge is 2.29. The number of carbonyl (C=O) groups excluding carboxylic acids is 1. The summed E-state index contributed by atoms with van der Waals surface area (Å²) in [6.07, 6.45) is 15.2. The number of hydrogen-bond donors (Lipinski definition) is 1. The summed E-state index contributed by atoms with van der Waals surface area (Å²) < 4.78 is 4.61. The highest BCUT2D eigenvalue weighted by atomic mass is 16.5. The highest BCUT2D eigenvalue weighted by Crippen LogP contribution is 2.42. The van der Waals surface area contributed by atoms with Crippen molar-refractivity contribution in [1.29, 1.82) is 0 Å². The van der Waals surface area contributed by atoms with Crippen molar-refractivity contribution in [2.45, 2.75) is 64.2 Å². The number of aliphatic hydroxyl groups is 1. The Morgan fingerprint density at radius 3 is 2.63 bits per heavy atom. The van der Waals surface area contributed by atoms with Gasteiger partial charge in [0.25, 0.3) is 0 Å². The van der Waals surface area contributed by atoms with Gasteiger partial charge in [0.2, 0.25) is 0 Å². The fourth-order valence-electron chi connectivity index (χ4n) is 3.01. The van der Waals surface area contributed by atoms with Gasteiger partial charge in [0.05, 0.1) is 7.11 Å². The molecule has 0 bridgehead atoms. The lowest BCUT2D eigenvalue weighted by Crippen LogP contribution is -2.24. The Morgan fingerprint density at radius 2 is 2.00 bits per heavy atom. The van der Waals surface area contributed by atoms with Crippen LogP contribution in [0.25, 0.3) is 0 Å². The van der Waals surface area contributed by atoms with E-state index in [0.29, 0.717) is 18.4 Å². The molecular weight excluding hydrogens is 240 g/mol. The number of carbonyl (C=O) groups is 1. The van der Waals surface area contributed by atoms with Gasteiger partial charge < -0.3 is 9.84 Å². The Balaban J connectivity index is 2.25. The first kappa shape index (κ1) is 16.2. The molecule has 0 atom stereocenters. The minimum atomic E-state index is -0.127. The standard InChI is InChI=1S/C16H28O3/c1-19-15(18)9-5-2-3-6-10-16(13-14-17)11-7-4-8-12-16/h3,6,17H,2,4-5,7-14H2,1H3. The van der Waals surface area contributed by atoms with Gasteiger partial charge in [0.15, 0.2) is 0 Å². The van der Waals surface area contributed by atoms with Crippen LogP contribution in [0.1, 0.15) is 64.2 Å². The molecule has 3 heteroatoms. The summed E-state index contributed by atoms with van der Waals surface area (Å²) in [4.78, 5) is 11.0. The zero-order valence-corrected chi connectivity index (χ0v) is 12.2. The zero-order valence-electron chi connectivity index (χ0n) is 12.2. The molecule has 0 amide bonds. The Hall–Kier alpha value is -0.830. The summed E-state index contributed by atoms with van der Waals surface area (Å²) in [6, 6.07) is 0. The summed E-state index contributed by atoms with van der Waals surface area (Å²) in [5.41, 5.74) is 0.339. The van der Waals surface area contributed by atoms with E-state index in [1.165, 1.54) is 39.2 Å². The second-order valence-corrected chi connectivity index (χ2v) is 5.68. The van der Waals surface area contributed by atoms with Crippen LogP contribution in [-0.4, -0.2) is 24.8 Å². The average molecular weight is 268 g/mol. The summed E-state index contributed by atoms with van der Waals surface area (Å²) in [5, 5.41) is 9.24. The van der Waals surface area contributed by atoms with Gasteiger partial charge >= 0.3 is 5.97 Å². The Labute approximate surface area is 117 Å². The molecule has 0 aliphatic heterocycles. The van der Waals surface area contributed by atoms with Crippen molar-refractivity contribution in [1.82, 2.24) is 0 Å². The van der Waals surface area contributed by atoms with Gasteiger partial charge in [0.1, 0.15) is 0 Å². The fraction of sp³-hybridized carbons (Fsp3) is 0.812. The second kappa shape index (κ2) is 9.13. The molecule has 0 heterocycles. The van der Waals surface area contributed by atoms with E-state index in [1.54, 1.807) is 0 Å². The maximum absolute atomic E-state index is 11.0. The maximum atomic E-state index is 11.0. The fourth-order valence-corrected chi connectivity index (χ4v) is 3.01. The largest absolute Gasteiger partial charge is 0.469 e. The SMILES string of the molecule is COC(=O)CCCC=CCC1(CCO)CCCCC1. The third kappa shape index (κ3) is 6.24. The number of hydrogen-bond acceptors (Lipinski definition) is 3. The molecule has 0 radical (unpaired) electrons. The van der Waals surface area contributed by atoms with Crippen molar-refractivity contribution < 1.29 is 14.6 Å². The minimum Gasteiger partial charge on any atom is -0.469 e. The van der Waals surface area contributed by atoms with Crippen molar-refractivity contribution in [3.63, 3.8) is 0 Å².